The second kappa shape index (κ2) is 5.85. The molecule has 0 N–H and O–H groups in total. The molecule has 6 atom stereocenters. The second-order valence-corrected chi connectivity index (χ2v) is 11.4. The SMILES string of the molecule is CC1(C)CC2CC1CC2CCC(=O)CCC1CC2CC1CC2(C)C. The summed E-state index contributed by atoms with van der Waals surface area (Å²) in [5, 5.41) is 0. The number of carbonyl (C=O) groups excluding carboxylic acids is 1. The van der Waals surface area contributed by atoms with E-state index in [-0.39, 0.29) is 0 Å². The summed E-state index contributed by atoms with van der Waals surface area (Å²) < 4.78 is 0. The van der Waals surface area contributed by atoms with Crippen LogP contribution in [0, 0.1) is 46.3 Å². The Labute approximate surface area is 149 Å². The fraction of sp³-hybridized carbons (Fsp3) is 0.957. The van der Waals surface area contributed by atoms with Gasteiger partial charge in [-0.05, 0) is 97.7 Å². The number of ketones is 1. The summed E-state index contributed by atoms with van der Waals surface area (Å²) in [7, 11) is 0. The number of carbonyl (C=O) groups is 1. The molecule has 0 aromatic carbocycles. The summed E-state index contributed by atoms with van der Waals surface area (Å²) >= 11 is 0. The van der Waals surface area contributed by atoms with E-state index in [0.717, 1.165) is 48.3 Å². The third-order valence-corrected chi connectivity index (χ3v) is 9.06. The van der Waals surface area contributed by atoms with Crippen molar-refractivity contribution in [3.63, 3.8) is 0 Å². The van der Waals surface area contributed by atoms with Crippen LogP contribution in [0.1, 0.15) is 91.9 Å². The van der Waals surface area contributed by atoms with Crippen molar-refractivity contribution in [2.24, 2.45) is 46.3 Å². The Morgan fingerprint density at radius 3 is 1.46 bits per heavy atom. The van der Waals surface area contributed by atoms with Crippen LogP contribution in [-0.4, -0.2) is 5.78 Å². The molecule has 0 heterocycles. The Kier molecular flexibility index (Phi) is 4.17. The largest absolute Gasteiger partial charge is 0.300 e. The fourth-order valence-corrected chi connectivity index (χ4v) is 7.41. The van der Waals surface area contributed by atoms with Gasteiger partial charge >= 0.3 is 0 Å². The van der Waals surface area contributed by atoms with Crippen molar-refractivity contribution in [3.8, 4) is 0 Å². The van der Waals surface area contributed by atoms with E-state index >= 15 is 0 Å². The molecule has 4 rings (SSSR count). The maximum Gasteiger partial charge on any atom is 0.132 e. The minimum Gasteiger partial charge on any atom is -0.300 e. The summed E-state index contributed by atoms with van der Waals surface area (Å²) in [4.78, 5) is 12.4. The van der Waals surface area contributed by atoms with Crippen LogP contribution in [0.5, 0.6) is 0 Å². The predicted molar refractivity (Wildman–Crippen MR) is 99.7 cm³/mol. The molecule has 0 aliphatic heterocycles. The maximum absolute atomic E-state index is 12.4. The number of rotatable bonds is 6. The molecule has 24 heavy (non-hydrogen) atoms. The summed E-state index contributed by atoms with van der Waals surface area (Å²) in [5.74, 6) is 6.07. The van der Waals surface area contributed by atoms with E-state index in [1.54, 1.807) is 0 Å². The van der Waals surface area contributed by atoms with Gasteiger partial charge in [-0.3, -0.25) is 4.79 Å². The molecule has 4 fully saturated rings. The fourth-order valence-electron chi connectivity index (χ4n) is 7.41. The Morgan fingerprint density at radius 1 is 0.750 bits per heavy atom. The Morgan fingerprint density at radius 2 is 1.17 bits per heavy atom. The second-order valence-electron chi connectivity index (χ2n) is 11.4. The third-order valence-electron chi connectivity index (χ3n) is 9.06. The maximum atomic E-state index is 12.4. The molecular formula is C23H38O. The van der Waals surface area contributed by atoms with E-state index in [4.69, 9.17) is 0 Å². The first-order valence-electron chi connectivity index (χ1n) is 10.8. The minimum atomic E-state index is 0.569. The summed E-state index contributed by atoms with van der Waals surface area (Å²) in [6.45, 7) is 9.82. The smallest absolute Gasteiger partial charge is 0.132 e. The van der Waals surface area contributed by atoms with Gasteiger partial charge in [-0.1, -0.05) is 27.7 Å². The van der Waals surface area contributed by atoms with Gasteiger partial charge in [0, 0.05) is 12.8 Å². The third kappa shape index (κ3) is 2.99. The standard InChI is InChI=1S/C23H38O/c1-22(2)13-17-11-19(22)9-15(17)5-7-21(24)8-6-16-10-20-12-18(16)14-23(20,3)4/h15-20H,5-14H2,1-4H3. The van der Waals surface area contributed by atoms with Crippen molar-refractivity contribution in [1.29, 1.82) is 0 Å². The number of hydrogen-bond donors (Lipinski definition) is 0. The van der Waals surface area contributed by atoms with Crippen LogP contribution in [0.4, 0.5) is 0 Å². The molecule has 1 nitrogen and oxygen atoms in total. The lowest BCUT2D eigenvalue weighted by molar-refractivity contribution is -0.119. The number of Topliss-reactive ketones (excluding diaryl/α,β-unsaturated/α-hetero) is 1. The highest BCUT2D eigenvalue weighted by molar-refractivity contribution is 5.78. The predicted octanol–water partition coefficient (Wildman–Crippen LogP) is 6.26. The van der Waals surface area contributed by atoms with Crippen molar-refractivity contribution in [2.75, 3.05) is 0 Å². The molecule has 0 aromatic rings. The van der Waals surface area contributed by atoms with Gasteiger partial charge in [0.05, 0.1) is 0 Å². The molecule has 4 aliphatic rings. The molecule has 1 heteroatoms. The molecule has 0 saturated heterocycles. The van der Waals surface area contributed by atoms with Crippen molar-refractivity contribution >= 4 is 5.78 Å². The Balaban J connectivity index is 1.17. The van der Waals surface area contributed by atoms with Crippen LogP contribution in [0.3, 0.4) is 0 Å². The van der Waals surface area contributed by atoms with Crippen LogP contribution in [0.15, 0.2) is 0 Å². The highest BCUT2D eigenvalue weighted by Gasteiger charge is 2.50. The van der Waals surface area contributed by atoms with Gasteiger partial charge in [-0.25, -0.2) is 0 Å². The Hall–Kier alpha value is -0.330. The zero-order valence-corrected chi connectivity index (χ0v) is 16.4. The highest BCUT2D eigenvalue weighted by atomic mass is 16.1. The molecule has 4 bridgehead atoms. The Bertz CT molecular complexity index is 458. The van der Waals surface area contributed by atoms with E-state index in [1.807, 2.05) is 0 Å². The molecular weight excluding hydrogens is 292 g/mol. The van der Waals surface area contributed by atoms with Gasteiger partial charge in [0.2, 0.25) is 0 Å². The number of hydrogen-bond acceptors (Lipinski definition) is 1. The first-order valence-corrected chi connectivity index (χ1v) is 10.8. The van der Waals surface area contributed by atoms with Crippen molar-refractivity contribution < 1.29 is 4.79 Å². The quantitative estimate of drug-likeness (QED) is 0.561. The highest BCUT2D eigenvalue weighted by Crippen LogP contribution is 2.60. The van der Waals surface area contributed by atoms with E-state index in [9.17, 15) is 4.79 Å². The zero-order chi connectivity index (χ0) is 17.1. The lowest BCUT2D eigenvalue weighted by Gasteiger charge is -2.34. The van der Waals surface area contributed by atoms with E-state index in [1.165, 1.54) is 51.4 Å². The molecule has 136 valence electrons. The molecule has 4 aliphatic carbocycles. The topological polar surface area (TPSA) is 17.1 Å². The lowest BCUT2D eigenvalue weighted by Crippen LogP contribution is -2.25. The van der Waals surface area contributed by atoms with Crippen LogP contribution in [0.2, 0.25) is 0 Å². The van der Waals surface area contributed by atoms with Gasteiger partial charge in [0.15, 0.2) is 0 Å². The molecule has 6 unspecified atom stereocenters. The van der Waals surface area contributed by atoms with Crippen molar-refractivity contribution in [2.45, 2.75) is 91.9 Å². The van der Waals surface area contributed by atoms with E-state index in [2.05, 4.69) is 27.7 Å². The zero-order valence-electron chi connectivity index (χ0n) is 16.4. The van der Waals surface area contributed by atoms with Crippen LogP contribution >= 0.6 is 0 Å². The first-order chi connectivity index (χ1) is 11.2. The lowest BCUT2D eigenvalue weighted by atomic mass is 9.71. The summed E-state index contributed by atoms with van der Waals surface area (Å²) in [6, 6.07) is 0. The summed E-state index contributed by atoms with van der Waals surface area (Å²) in [6.07, 6.45) is 12.7. The van der Waals surface area contributed by atoms with Gasteiger partial charge in [0.25, 0.3) is 0 Å². The average Bonchev–Trinajstić information content (AvgIpc) is 3.19. The van der Waals surface area contributed by atoms with Crippen molar-refractivity contribution in [3.05, 3.63) is 0 Å². The normalized spacial score (nSPS) is 44.3. The summed E-state index contributed by atoms with van der Waals surface area (Å²) in [5.41, 5.74) is 1.17. The average molecular weight is 331 g/mol. The van der Waals surface area contributed by atoms with Crippen molar-refractivity contribution in [1.82, 2.24) is 0 Å². The minimum absolute atomic E-state index is 0.569. The van der Waals surface area contributed by atoms with Crippen LogP contribution < -0.4 is 0 Å². The monoisotopic (exact) mass is 330 g/mol. The van der Waals surface area contributed by atoms with Crippen LogP contribution in [0.25, 0.3) is 0 Å². The van der Waals surface area contributed by atoms with Gasteiger partial charge in [-0.15, -0.1) is 0 Å². The van der Waals surface area contributed by atoms with E-state index in [0.29, 0.717) is 16.6 Å². The molecule has 4 saturated carbocycles. The molecule has 0 radical (unpaired) electrons. The first kappa shape index (κ1) is 17.1. The number of fused-ring (bicyclic) bond motifs is 4. The molecule has 0 aromatic heterocycles. The van der Waals surface area contributed by atoms with E-state index < -0.39 is 0 Å². The van der Waals surface area contributed by atoms with Gasteiger partial charge in [-0.2, -0.15) is 0 Å². The molecule has 0 amide bonds. The molecule has 0 spiro atoms. The van der Waals surface area contributed by atoms with Gasteiger partial charge < -0.3 is 0 Å². The van der Waals surface area contributed by atoms with Crippen LogP contribution in [-0.2, 0) is 4.79 Å². The van der Waals surface area contributed by atoms with Gasteiger partial charge in [0.1, 0.15) is 5.78 Å².